The molecule has 2 aliphatic carbocycles. The minimum absolute atomic E-state index is 0.786. The van der Waals surface area contributed by atoms with Crippen molar-refractivity contribution >= 4 is 0 Å². The zero-order valence-electron chi connectivity index (χ0n) is 15.9. The maximum Gasteiger partial charge on any atom is 0.00934 e. The standard InChI is InChI=1S/C14H28N2.C3H8.C2H6/c1-11-8-12(9-11)10-16(3)14-6-4-13(15-2)5-7-14;1-3-2;1-2/h11-15H,4-10H2,1-3H3;3H2,1-2H3;1-2H3. The van der Waals surface area contributed by atoms with E-state index >= 15 is 0 Å². The molecule has 0 aromatic rings. The predicted molar refractivity (Wildman–Crippen MR) is 96.9 cm³/mol. The van der Waals surface area contributed by atoms with Gasteiger partial charge in [-0.3, -0.25) is 0 Å². The molecule has 0 spiro atoms. The predicted octanol–water partition coefficient (Wildman–Crippen LogP) is 4.94. The molecule has 1 N–H and O–H groups in total. The zero-order chi connectivity index (χ0) is 16.3. The summed E-state index contributed by atoms with van der Waals surface area (Å²) in [6.45, 7) is 12.0. The first-order valence-electron chi connectivity index (χ1n) is 9.48. The third-order valence-electron chi connectivity index (χ3n) is 4.75. The Morgan fingerprint density at radius 2 is 1.48 bits per heavy atom. The first kappa shape index (κ1) is 20.9. The van der Waals surface area contributed by atoms with Crippen LogP contribution in [0.25, 0.3) is 0 Å². The van der Waals surface area contributed by atoms with Gasteiger partial charge in [-0.05, 0) is 64.5 Å². The molecule has 2 fully saturated rings. The molecule has 0 saturated heterocycles. The highest BCUT2D eigenvalue weighted by Gasteiger charge is 2.29. The number of nitrogens with one attached hydrogen (secondary N) is 1. The van der Waals surface area contributed by atoms with Crippen molar-refractivity contribution in [1.29, 1.82) is 0 Å². The fourth-order valence-electron chi connectivity index (χ4n) is 3.58. The summed E-state index contributed by atoms with van der Waals surface area (Å²) in [4.78, 5) is 2.64. The van der Waals surface area contributed by atoms with Gasteiger partial charge in [-0.25, -0.2) is 0 Å². The van der Waals surface area contributed by atoms with E-state index in [0.717, 1.165) is 23.9 Å². The van der Waals surface area contributed by atoms with Crippen LogP contribution in [0.5, 0.6) is 0 Å². The van der Waals surface area contributed by atoms with E-state index in [0.29, 0.717) is 0 Å². The molecule has 2 nitrogen and oxygen atoms in total. The topological polar surface area (TPSA) is 15.3 Å². The van der Waals surface area contributed by atoms with Gasteiger partial charge < -0.3 is 10.2 Å². The van der Waals surface area contributed by atoms with Gasteiger partial charge >= 0.3 is 0 Å². The maximum atomic E-state index is 3.41. The largest absolute Gasteiger partial charge is 0.317 e. The van der Waals surface area contributed by atoms with Crippen LogP contribution in [-0.4, -0.2) is 37.6 Å². The summed E-state index contributed by atoms with van der Waals surface area (Å²) in [7, 11) is 4.44. The van der Waals surface area contributed by atoms with E-state index in [1.807, 2.05) is 13.8 Å². The van der Waals surface area contributed by atoms with Gasteiger partial charge in [0.1, 0.15) is 0 Å². The molecule has 0 bridgehead atoms. The molecule has 128 valence electrons. The van der Waals surface area contributed by atoms with Crippen molar-refractivity contribution in [2.24, 2.45) is 11.8 Å². The maximum absolute atomic E-state index is 3.41. The van der Waals surface area contributed by atoms with Gasteiger partial charge in [0.2, 0.25) is 0 Å². The molecular formula is C19H42N2. The molecule has 2 saturated carbocycles. The van der Waals surface area contributed by atoms with Gasteiger partial charge in [-0.1, -0.05) is 41.0 Å². The Bertz CT molecular complexity index is 216. The van der Waals surface area contributed by atoms with E-state index < -0.39 is 0 Å². The fourth-order valence-corrected chi connectivity index (χ4v) is 3.58. The Balaban J connectivity index is 0.000000713. The lowest BCUT2D eigenvalue weighted by molar-refractivity contribution is 0.102. The average molecular weight is 299 g/mol. The second kappa shape index (κ2) is 12.5. The molecular weight excluding hydrogens is 256 g/mol. The number of rotatable bonds is 4. The van der Waals surface area contributed by atoms with Gasteiger partial charge in [0.25, 0.3) is 0 Å². The highest BCUT2D eigenvalue weighted by Crippen LogP contribution is 2.34. The lowest BCUT2D eigenvalue weighted by Gasteiger charge is -2.40. The molecule has 21 heavy (non-hydrogen) atoms. The molecule has 2 rings (SSSR count). The first-order valence-corrected chi connectivity index (χ1v) is 9.48. The summed E-state index contributed by atoms with van der Waals surface area (Å²) < 4.78 is 0. The van der Waals surface area contributed by atoms with Crippen molar-refractivity contribution in [2.75, 3.05) is 20.6 Å². The van der Waals surface area contributed by atoms with Gasteiger partial charge in [0.15, 0.2) is 0 Å². The quantitative estimate of drug-likeness (QED) is 0.791. The summed E-state index contributed by atoms with van der Waals surface area (Å²) in [6, 6.07) is 1.65. The second-order valence-electron chi connectivity index (χ2n) is 6.88. The SMILES string of the molecule is CC.CCC.CNC1CCC(N(C)CC2CC(C)C2)CC1. The molecule has 0 unspecified atom stereocenters. The van der Waals surface area contributed by atoms with E-state index in [1.165, 1.54) is 51.5 Å². The van der Waals surface area contributed by atoms with Crippen LogP contribution < -0.4 is 5.32 Å². The van der Waals surface area contributed by atoms with E-state index in [1.54, 1.807) is 0 Å². The Morgan fingerprint density at radius 1 is 1.00 bits per heavy atom. The van der Waals surface area contributed by atoms with Crippen molar-refractivity contribution in [2.45, 2.75) is 91.6 Å². The lowest BCUT2D eigenvalue weighted by Crippen LogP contribution is -2.43. The zero-order valence-corrected chi connectivity index (χ0v) is 15.9. The molecule has 2 heteroatoms. The molecule has 0 aromatic carbocycles. The molecule has 2 aliphatic rings. The monoisotopic (exact) mass is 298 g/mol. The van der Waals surface area contributed by atoms with Crippen LogP contribution in [0.3, 0.4) is 0 Å². The van der Waals surface area contributed by atoms with Gasteiger partial charge in [0, 0.05) is 18.6 Å². The van der Waals surface area contributed by atoms with E-state index in [9.17, 15) is 0 Å². The average Bonchev–Trinajstić information content (AvgIpc) is 2.48. The van der Waals surface area contributed by atoms with Gasteiger partial charge in [0.05, 0.1) is 0 Å². The Morgan fingerprint density at radius 3 is 1.86 bits per heavy atom. The number of hydrogen-bond acceptors (Lipinski definition) is 2. The van der Waals surface area contributed by atoms with Crippen LogP contribution in [0.2, 0.25) is 0 Å². The van der Waals surface area contributed by atoms with E-state index in [4.69, 9.17) is 0 Å². The Labute approximate surface area is 135 Å². The van der Waals surface area contributed by atoms with Crippen molar-refractivity contribution in [1.82, 2.24) is 10.2 Å². The van der Waals surface area contributed by atoms with Crippen molar-refractivity contribution < 1.29 is 0 Å². The molecule has 0 heterocycles. The summed E-state index contributed by atoms with van der Waals surface area (Å²) >= 11 is 0. The molecule has 0 amide bonds. The molecule has 0 aliphatic heterocycles. The second-order valence-corrected chi connectivity index (χ2v) is 6.88. The van der Waals surface area contributed by atoms with E-state index in [2.05, 4.69) is 45.1 Å². The van der Waals surface area contributed by atoms with Crippen LogP contribution in [0.15, 0.2) is 0 Å². The molecule has 0 atom stereocenters. The Kier molecular flexibility index (Phi) is 12.4. The van der Waals surface area contributed by atoms with Gasteiger partial charge in [-0.2, -0.15) is 0 Å². The lowest BCUT2D eigenvalue weighted by atomic mass is 9.75. The third kappa shape index (κ3) is 8.21. The first-order chi connectivity index (χ1) is 10.1. The summed E-state index contributed by atoms with van der Waals surface area (Å²) in [5, 5.41) is 3.41. The van der Waals surface area contributed by atoms with Crippen LogP contribution in [0.1, 0.15) is 79.6 Å². The van der Waals surface area contributed by atoms with Crippen molar-refractivity contribution in [3.8, 4) is 0 Å². The normalized spacial score (nSPS) is 31.4. The summed E-state index contributed by atoms with van der Waals surface area (Å²) in [5.41, 5.74) is 0. The fraction of sp³-hybridized carbons (Fsp3) is 1.00. The highest BCUT2D eigenvalue weighted by molar-refractivity contribution is 4.84. The molecule has 0 aromatic heterocycles. The van der Waals surface area contributed by atoms with E-state index in [-0.39, 0.29) is 0 Å². The number of nitrogens with zero attached hydrogens (tertiary/aromatic N) is 1. The van der Waals surface area contributed by atoms with Crippen LogP contribution >= 0.6 is 0 Å². The summed E-state index contributed by atoms with van der Waals surface area (Å²) in [5.74, 6) is 2.00. The highest BCUT2D eigenvalue weighted by atomic mass is 15.1. The van der Waals surface area contributed by atoms with Gasteiger partial charge in [-0.15, -0.1) is 0 Å². The summed E-state index contributed by atoms with van der Waals surface area (Å²) in [6.07, 6.45) is 9.71. The third-order valence-corrected chi connectivity index (χ3v) is 4.75. The van der Waals surface area contributed by atoms with Crippen LogP contribution in [0, 0.1) is 11.8 Å². The minimum Gasteiger partial charge on any atom is -0.317 e. The minimum atomic E-state index is 0.786. The van der Waals surface area contributed by atoms with Crippen LogP contribution in [0.4, 0.5) is 0 Å². The smallest absolute Gasteiger partial charge is 0.00934 e. The van der Waals surface area contributed by atoms with Crippen molar-refractivity contribution in [3.05, 3.63) is 0 Å². The number of hydrogen-bond donors (Lipinski definition) is 1. The van der Waals surface area contributed by atoms with Crippen LogP contribution in [-0.2, 0) is 0 Å². The molecule has 0 radical (unpaired) electrons. The Hall–Kier alpha value is -0.0800. The van der Waals surface area contributed by atoms with Crippen molar-refractivity contribution in [3.63, 3.8) is 0 Å².